The lowest BCUT2D eigenvalue weighted by Gasteiger charge is -2.16. The van der Waals surface area contributed by atoms with Crippen molar-refractivity contribution in [2.45, 2.75) is 20.8 Å². The van der Waals surface area contributed by atoms with Gasteiger partial charge in [-0.3, -0.25) is 14.4 Å². The summed E-state index contributed by atoms with van der Waals surface area (Å²) in [5.41, 5.74) is -0.205. The summed E-state index contributed by atoms with van der Waals surface area (Å²) in [5, 5.41) is 30.0. The normalized spacial score (nSPS) is 10.9. The average Bonchev–Trinajstić information content (AvgIpc) is 2.52. The van der Waals surface area contributed by atoms with E-state index in [1.54, 1.807) is 18.2 Å². The highest BCUT2D eigenvalue weighted by Crippen LogP contribution is 2.39. The molecule has 0 amide bonds. The Bertz CT molecular complexity index is 895. The lowest BCUT2D eigenvalue weighted by Crippen LogP contribution is -2.10. The van der Waals surface area contributed by atoms with Crippen molar-refractivity contribution in [3.05, 3.63) is 52.1 Å². The Hall–Kier alpha value is -3.41. The van der Waals surface area contributed by atoms with Gasteiger partial charge in [-0.2, -0.15) is 0 Å². The second-order valence-electron chi connectivity index (χ2n) is 5.83. The molecule has 2 aromatic rings. The minimum absolute atomic E-state index is 0.0260. The van der Waals surface area contributed by atoms with Gasteiger partial charge in [-0.1, -0.05) is 24.3 Å². The van der Waals surface area contributed by atoms with Crippen LogP contribution in [0.4, 0.5) is 0 Å². The molecule has 0 aliphatic carbocycles. The van der Waals surface area contributed by atoms with Crippen LogP contribution in [-0.4, -0.2) is 32.7 Å². The van der Waals surface area contributed by atoms with Crippen LogP contribution in [0.3, 0.4) is 0 Å². The van der Waals surface area contributed by atoms with Gasteiger partial charge in [0.05, 0.1) is 11.1 Å². The molecule has 2 aromatic carbocycles. The SMILES string of the molecule is CC(=O)c1c(O)c(C(C)=O)c(/C=C/c2ccc(O)cc2)c(C(C)=O)c1O. The second kappa shape index (κ2) is 7.23. The van der Waals surface area contributed by atoms with Crippen molar-refractivity contribution in [3.8, 4) is 17.2 Å². The zero-order chi connectivity index (χ0) is 19.6. The minimum Gasteiger partial charge on any atom is -0.508 e. The summed E-state index contributed by atoms with van der Waals surface area (Å²) in [6, 6.07) is 6.14. The molecule has 2 rings (SSSR count). The fourth-order valence-corrected chi connectivity index (χ4v) is 2.72. The van der Waals surface area contributed by atoms with E-state index in [4.69, 9.17) is 0 Å². The van der Waals surface area contributed by atoms with Crippen molar-refractivity contribution < 1.29 is 29.7 Å². The van der Waals surface area contributed by atoms with Crippen molar-refractivity contribution in [3.63, 3.8) is 0 Å². The molecule has 0 unspecified atom stereocenters. The van der Waals surface area contributed by atoms with Crippen molar-refractivity contribution >= 4 is 29.5 Å². The van der Waals surface area contributed by atoms with Crippen molar-refractivity contribution in [2.75, 3.05) is 0 Å². The number of carbonyl (C=O) groups excluding carboxylic acids is 3. The van der Waals surface area contributed by atoms with Crippen LogP contribution in [0.2, 0.25) is 0 Å². The number of benzene rings is 2. The van der Waals surface area contributed by atoms with Gasteiger partial charge in [0.2, 0.25) is 0 Å². The summed E-state index contributed by atoms with van der Waals surface area (Å²) in [6.07, 6.45) is 2.96. The Labute approximate surface area is 150 Å². The molecule has 0 bridgehead atoms. The molecule has 0 aliphatic heterocycles. The third-order valence-corrected chi connectivity index (χ3v) is 3.88. The van der Waals surface area contributed by atoms with Gasteiger partial charge in [0.1, 0.15) is 22.8 Å². The summed E-state index contributed by atoms with van der Waals surface area (Å²) in [5.74, 6) is -3.01. The van der Waals surface area contributed by atoms with Crippen LogP contribution in [0.1, 0.15) is 63.0 Å². The van der Waals surface area contributed by atoms with Gasteiger partial charge >= 0.3 is 0 Å². The second-order valence-corrected chi connectivity index (χ2v) is 5.83. The fourth-order valence-electron chi connectivity index (χ4n) is 2.72. The summed E-state index contributed by atoms with van der Waals surface area (Å²) in [6.45, 7) is 3.50. The molecule has 6 heteroatoms. The topological polar surface area (TPSA) is 112 Å². The van der Waals surface area contributed by atoms with Crippen LogP contribution in [0, 0.1) is 0 Å². The van der Waals surface area contributed by atoms with E-state index in [0.717, 1.165) is 6.92 Å². The molecule has 134 valence electrons. The molecule has 0 atom stereocenters. The maximum Gasteiger partial charge on any atom is 0.167 e. The lowest BCUT2D eigenvalue weighted by molar-refractivity contribution is 0.101. The maximum absolute atomic E-state index is 12.1. The molecule has 0 heterocycles. The first-order valence-electron chi connectivity index (χ1n) is 7.77. The van der Waals surface area contributed by atoms with E-state index in [-0.39, 0.29) is 22.4 Å². The Balaban J connectivity index is 2.81. The number of hydrogen-bond acceptors (Lipinski definition) is 6. The Morgan fingerprint density at radius 1 is 0.692 bits per heavy atom. The molecule has 3 N–H and O–H groups in total. The summed E-state index contributed by atoms with van der Waals surface area (Å²) in [7, 11) is 0. The zero-order valence-corrected chi connectivity index (χ0v) is 14.5. The van der Waals surface area contributed by atoms with E-state index in [0.29, 0.717) is 5.56 Å². The summed E-state index contributed by atoms with van der Waals surface area (Å²) >= 11 is 0. The lowest BCUT2D eigenvalue weighted by atomic mass is 9.89. The first kappa shape index (κ1) is 18.9. The molecular weight excluding hydrogens is 336 g/mol. The smallest absolute Gasteiger partial charge is 0.167 e. The number of phenols is 3. The van der Waals surface area contributed by atoms with Crippen molar-refractivity contribution in [1.82, 2.24) is 0 Å². The predicted octanol–water partition coefficient (Wildman–Crippen LogP) is 3.58. The van der Waals surface area contributed by atoms with Gasteiger partial charge in [-0.15, -0.1) is 0 Å². The number of Topliss-reactive ketones (excluding diaryl/α,β-unsaturated/α-hetero) is 3. The van der Waals surface area contributed by atoms with Crippen LogP contribution in [0.5, 0.6) is 17.2 Å². The number of carbonyl (C=O) groups is 3. The van der Waals surface area contributed by atoms with Crippen LogP contribution < -0.4 is 0 Å². The molecule has 0 saturated carbocycles. The third kappa shape index (κ3) is 3.49. The zero-order valence-electron chi connectivity index (χ0n) is 14.5. The molecule has 0 aliphatic rings. The van der Waals surface area contributed by atoms with Crippen LogP contribution in [0.15, 0.2) is 24.3 Å². The van der Waals surface area contributed by atoms with Gasteiger partial charge in [0.15, 0.2) is 17.3 Å². The monoisotopic (exact) mass is 354 g/mol. The van der Waals surface area contributed by atoms with E-state index in [1.807, 2.05) is 0 Å². The molecule has 0 spiro atoms. The van der Waals surface area contributed by atoms with Gasteiger partial charge < -0.3 is 15.3 Å². The van der Waals surface area contributed by atoms with Gasteiger partial charge in [0, 0.05) is 5.56 Å². The van der Waals surface area contributed by atoms with Gasteiger partial charge in [0.25, 0.3) is 0 Å². The number of hydrogen-bond donors (Lipinski definition) is 3. The van der Waals surface area contributed by atoms with Gasteiger partial charge in [-0.05, 0) is 38.5 Å². The summed E-state index contributed by atoms with van der Waals surface area (Å²) in [4.78, 5) is 35.9. The molecule has 0 saturated heterocycles. The average molecular weight is 354 g/mol. The maximum atomic E-state index is 12.1. The highest BCUT2D eigenvalue weighted by Gasteiger charge is 2.28. The molecule has 0 radical (unpaired) electrons. The van der Waals surface area contributed by atoms with E-state index in [1.165, 1.54) is 32.1 Å². The predicted molar refractivity (Wildman–Crippen MR) is 96.8 cm³/mol. The van der Waals surface area contributed by atoms with E-state index >= 15 is 0 Å². The molecular formula is C20H18O6. The van der Waals surface area contributed by atoms with Gasteiger partial charge in [-0.25, -0.2) is 0 Å². The van der Waals surface area contributed by atoms with Crippen LogP contribution in [0.25, 0.3) is 12.2 Å². The van der Waals surface area contributed by atoms with E-state index < -0.39 is 34.4 Å². The standard InChI is InChI=1S/C20H18O6/c1-10(21)16-15(9-6-13-4-7-14(24)8-5-13)17(11(2)22)20(26)18(12(3)23)19(16)25/h4-9,24-26H,1-3H3/b9-6+. The molecule has 6 nitrogen and oxygen atoms in total. The molecule has 26 heavy (non-hydrogen) atoms. The summed E-state index contributed by atoms with van der Waals surface area (Å²) < 4.78 is 0. The Morgan fingerprint density at radius 2 is 1.12 bits per heavy atom. The quantitative estimate of drug-likeness (QED) is 0.559. The fraction of sp³-hybridized carbons (Fsp3) is 0.150. The Kier molecular flexibility index (Phi) is 5.26. The highest BCUT2D eigenvalue weighted by atomic mass is 16.3. The molecule has 0 aromatic heterocycles. The first-order valence-corrected chi connectivity index (χ1v) is 7.77. The number of phenolic OH excluding ortho intramolecular Hbond substituents is 3. The molecule has 0 fully saturated rings. The van der Waals surface area contributed by atoms with Crippen LogP contribution in [-0.2, 0) is 0 Å². The van der Waals surface area contributed by atoms with Crippen LogP contribution >= 0.6 is 0 Å². The number of rotatable bonds is 5. The van der Waals surface area contributed by atoms with E-state index in [2.05, 4.69) is 0 Å². The number of aromatic hydroxyl groups is 3. The van der Waals surface area contributed by atoms with Crippen molar-refractivity contribution in [1.29, 1.82) is 0 Å². The van der Waals surface area contributed by atoms with Crippen molar-refractivity contribution in [2.24, 2.45) is 0 Å². The minimum atomic E-state index is -0.668. The largest absolute Gasteiger partial charge is 0.508 e. The first-order chi connectivity index (χ1) is 12.1. The van der Waals surface area contributed by atoms with E-state index in [9.17, 15) is 29.7 Å². The highest BCUT2D eigenvalue weighted by molar-refractivity contribution is 6.14. The Morgan fingerprint density at radius 3 is 1.50 bits per heavy atom. The number of ketones is 3. The third-order valence-electron chi connectivity index (χ3n) is 3.88.